The number of urea groups is 1. The van der Waals surface area contributed by atoms with Crippen LogP contribution in [0.4, 0.5) is 10.5 Å². The average Bonchev–Trinajstić information content (AvgIpc) is 2.91. The third-order valence-electron chi connectivity index (χ3n) is 5.72. The van der Waals surface area contributed by atoms with Crippen molar-refractivity contribution in [1.29, 1.82) is 0 Å². The number of rotatable bonds is 7. The number of hydrogen-bond acceptors (Lipinski definition) is 8. The first kappa shape index (κ1) is 26.0. The van der Waals surface area contributed by atoms with Crippen LogP contribution in [0.5, 0.6) is 23.0 Å². The van der Waals surface area contributed by atoms with Crippen molar-refractivity contribution >= 4 is 35.6 Å². The smallest absolute Gasteiger partial charge is 0.343 e. The van der Waals surface area contributed by atoms with Crippen LogP contribution in [0.3, 0.4) is 0 Å². The Morgan fingerprint density at radius 2 is 1.47 bits per heavy atom. The van der Waals surface area contributed by atoms with Crippen molar-refractivity contribution in [2.24, 2.45) is 0 Å². The van der Waals surface area contributed by atoms with Gasteiger partial charge < -0.3 is 18.9 Å². The molecule has 38 heavy (non-hydrogen) atoms. The number of aryl methyl sites for hydroxylation is 1. The molecule has 0 aliphatic carbocycles. The standard InChI is InChI=1S/C28H24N2O8/c1-16-9-11-19(12-10-16)30-26(32)20(25(31)29-28(30)34)13-17-7-5-6-8-21(17)38-27(33)18-14-22(35-2)24(37-4)23(15-18)36-3/h5-15H,1-4H3,(H,29,31,34)/b20-13-. The quantitative estimate of drug-likeness (QED) is 0.217. The first-order valence-electron chi connectivity index (χ1n) is 11.4. The summed E-state index contributed by atoms with van der Waals surface area (Å²) in [4.78, 5) is 52.2. The summed E-state index contributed by atoms with van der Waals surface area (Å²) in [7, 11) is 4.29. The monoisotopic (exact) mass is 516 g/mol. The maximum atomic E-state index is 13.2. The second kappa shape index (κ2) is 10.9. The summed E-state index contributed by atoms with van der Waals surface area (Å²) in [6.07, 6.45) is 1.27. The molecular formula is C28H24N2O8. The molecule has 0 spiro atoms. The molecule has 0 unspecified atom stereocenters. The molecule has 0 aromatic heterocycles. The van der Waals surface area contributed by atoms with Crippen LogP contribution in [0.15, 0.2) is 66.2 Å². The van der Waals surface area contributed by atoms with E-state index in [4.69, 9.17) is 18.9 Å². The van der Waals surface area contributed by atoms with Gasteiger partial charge in [0.15, 0.2) is 11.5 Å². The van der Waals surface area contributed by atoms with E-state index in [9.17, 15) is 19.2 Å². The van der Waals surface area contributed by atoms with Crippen molar-refractivity contribution in [2.75, 3.05) is 26.2 Å². The van der Waals surface area contributed by atoms with Crippen LogP contribution in [-0.4, -0.2) is 45.1 Å². The zero-order valence-electron chi connectivity index (χ0n) is 21.1. The molecule has 10 heteroatoms. The molecule has 1 aliphatic heterocycles. The molecule has 194 valence electrons. The van der Waals surface area contributed by atoms with Crippen molar-refractivity contribution in [3.8, 4) is 23.0 Å². The Kier molecular flexibility index (Phi) is 7.43. The lowest BCUT2D eigenvalue weighted by Gasteiger charge is -2.26. The summed E-state index contributed by atoms with van der Waals surface area (Å²) in [5.74, 6) is -1.50. The molecule has 1 aliphatic rings. The van der Waals surface area contributed by atoms with Crippen LogP contribution < -0.4 is 29.2 Å². The van der Waals surface area contributed by atoms with Gasteiger partial charge in [-0.25, -0.2) is 14.5 Å². The van der Waals surface area contributed by atoms with Gasteiger partial charge in [0.25, 0.3) is 11.8 Å². The van der Waals surface area contributed by atoms with E-state index in [0.717, 1.165) is 10.5 Å². The number of nitrogens with one attached hydrogen (secondary N) is 1. The van der Waals surface area contributed by atoms with Crippen LogP contribution in [0, 0.1) is 6.92 Å². The van der Waals surface area contributed by atoms with Crippen LogP contribution in [0.1, 0.15) is 21.5 Å². The summed E-state index contributed by atoms with van der Waals surface area (Å²) < 4.78 is 21.5. The highest BCUT2D eigenvalue weighted by atomic mass is 16.5. The number of methoxy groups -OCH3 is 3. The van der Waals surface area contributed by atoms with Gasteiger partial charge in [0.1, 0.15) is 11.3 Å². The Hall–Kier alpha value is -5.12. The fraction of sp³-hybridized carbons (Fsp3) is 0.143. The molecular weight excluding hydrogens is 492 g/mol. The second-order valence-corrected chi connectivity index (χ2v) is 8.13. The van der Waals surface area contributed by atoms with E-state index in [1.807, 2.05) is 6.92 Å². The number of ether oxygens (including phenoxy) is 4. The first-order chi connectivity index (χ1) is 18.3. The highest BCUT2D eigenvalue weighted by Crippen LogP contribution is 2.38. The molecule has 4 amide bonds. The Labute approximate surface area is 218 Å². The van der Waals surface area contributed by atoms with Gasteiger partial charge in [0, 0.05) is 5.56 Å². The van der Waals surface area contributed by atoms with Crippen molar-refractivity contribution in [1.82, 2.24) is 5.32 Å². The number of para-hydroxylation sites is 1. The lowest BCUT2D eigenvalue weighted by molar-refractivity contribution is -0.122. The summed E-state index contributed by atoms with van der Waals surface area (Å²) >= 11 is 0. The van der Waals surface area contributed by atoms with Gasteiger partial charge in [-0.2, -0.15) is 0 Å². The van der Waals surface area contributed by atoms with Gasteiger partial charge in [-0.1, -0.05) is 35.9 Å². The number of hydrogen-bond donors (Lipinski definition) is 1. The van der Waals surface area contributed by atoms with Crippen molar-refractivity contribution in [3.05, 3.63) is 82.9 Å². The van der Waals surface area contributed by atoms with Gasteiger partial charge in [0.2, 0.25) is 5.75 Å². The number of amides is 4. The van der Waals surface area contributed by atoms with E-state index in [1.165, 1.54) is 45.6 Å². The fourth-order valence-electron chi connectivity index (χ4n) is 3.79. The van der Waals surface area contributed by atoms with E-state index < -0.39 is 23.8 Å². The Morgan fingerprint density at radius 3 is 2.08 bits per heavy atom. The molecule has 0 atom stereocenters. The molecule has 1 heterocycles. The van der Waals surface area contributed by atoms with E-state index in [-0.39, 0.29) is 33.9 Å². The minimum absolute atomic E-state index is 0.0816. The molecule has 3 aromatic carbocycles. The highest BCUT2D eigenvalue weighted by Gasteiger charge is 2.37. The van der Waals surface area contributed by atoms with E-state index in [0.29, 0.717) is 11.4 Å². The number of esters is 1. The third-order valence-corrected chi connectivity index (χ3v) is 5.72. The summed E-state index contributed by atoms with van der Waals surface area (Å²) in [6, 6.07) is 15.1. The number of imide groups is 2. The minimum Gasteiger partial charge on any atom is -0.493 e. The zero-order valence-corrected chi connectivity index (χ0v) is 21.1. The van der Waals surface area contributed by atoms with E-state index >= 15 is 0 Å². The summed E-state index contributed by atoms with van der Waals surface area (Å²) in [5.41, 5.74) is 1.32. The molecule has 3 aromatic rings. The van der Waals surface area contributed by atoms with Crippen LogP contribution in [0.2, 0.25) is 0 Å². The fourth-order valence-corrected chi connectivity index (χ4v) is 3.79. The van der Waals surface area contributed by atoms with Crippen LogP contribution >= 0.6 is 0 Å². The number of benzene rings is 3. The van der Waals surface area contributed by atoms with Gasteiger partial charge >= 0.3 is 12.0 Å². The predicted molar refractivity (Wildman–Crippen MR) is 138 cm³/mol. The number of anilines is 1. The number of carbonyl (C=O) groups excluding carboxylic acids is 4. The largest absolute Gasteiger partial charge is 0.493 e. The highest BCUT2D eigenvalue weighted by molar-refractivity contribution is 6.39. The van der Waals surface area contributed by atoms with Crippen molar-refractivity contribution < 1.29 is 38.1 Å². The molecule has 4 rings (SSSR count). The Balaban J connectivity index is 1.67. The maximum absolute atomic E-state index is 13.2. The van der Waals surface area contributed by atoms with Crippen LogP contribution in [-0.2, 0) is 9.59 Å². The molecule has 1 fully saturated rings. The van der Waals surface area contributed by atoms with Crippen molar-refractivity contribution in [3.63, 3.8) is 0 Å². The number of nitrogens with zero attached hydrogens (tertiary/aromatic N) is 1. The second-order valence-electron chi connectivity index (χ2n) is 8.13. The molecule has 1 N–H and O–H groups in total. The predicted octanol–water partition coefficient (Wildman–Crippen LogP) is 3.91. The molecule has 0 bridgehead atoms. The van der Waals surface area contributed by atoms with Gasteiger partial charge in [-0.3, -0.25) is 14.9 Å². The SMILES string of the molecule is COc1cc(C(=O)Oc2ccccc2/C=C2/C(=O)NC(=O)N(c3ccc(C)cc3)C2=O)cc(OC)c1OC. The van der Waals surface area contributed by atoms with Crippen molar-refractivity contribution in [2.45, 2.75) is 6.92 Å². The maximum Gasteiger partial charge on any atom is 0.343 e. The van der Waals surface area contributed by atoms with Crippen LogP contribution in [0.25, 0.3) is 6.08 Å². The first-order valence-corrected chi connectivity index (χ1v) is 11.4. The van der Waals surface area contributed by atoms with E-state index in [2.05, 4.69) is 5.32 Å². The summed E-state index contributed by atoms with van der Waals surface area (Å²) in [5, 5.41) is 2.18. The van der Waals surface area contributed by atoms with E-state index in [1.54, 1.807) is 42.5 Å². The number of barbiturate groups is 1. The lowest BCUT2D eigenvalue weighted by Crippen LogP contribution is -2.54. The lowest BCUT2D eigenvalue weighted by atomic mass is 10.1. The average molecular weight is 517 g/mol. The molecule has 10 nitrogen and oxygen atoms in total. The topological polar surface area (TPSA) is 120 Å². The van der Waals surface area contributed by atoms with Gasteiger partial charge in [-0.15, -0.1) is 0 Å². The van der Waals surface area contributed by atoms with Gasteiger partial charge in [0.05, 0.1) is 32.6 Å². The zero-order chi connectivity index (χ0) is 27.4. The molecule has 0 radical (unpaired) electrons. The minimum atomic E-state index is -0.867. The Bertz CT molecular complexity index is 1430. The molecule has 1 saturated heterocycles. The third kappa shape index (κ3) is 5.05. The van der Waals surface area contributed by atoms with Gasteiger partial charge in [-0.05, 0) is 43.3 Å². The number of carbonyl (C=O) groups is 4. The Morgan fingerprint density at radius 1 is 0.842 bits per heavy atom. The normalized spacial score (nSPS) is 14.3. The molecule has 0 saturated carbocycles. The summed E-state index contributed by atoms with van der Waals surface area (Å²) in [6.45, 7) is 1.87.